The molecule has 0 aromatic heterocycles. The van der Waals surface area contributed by atoms with Crippen molar-refractivity contribution in [3.05, 3.63) is 0 Å². The van der Waals surface area contributed by atoms with Gasteiger partial charge in [-0.05, 0) is 52.1 Å². The molecule has 6 heteroatoms. The second kappa shape index (κ2) is 11.8. The third kappa shape index (κ3) is 8.69. The van der Waals surface area contributed by atoms with E-state index in [0.717, 1.165) is 19.5 Å². The molecule has 1 heterocycles. The largest absolute Gasteiger partial charge is 0.356 e. The molecule has 0 radical (unpaired) electrons. The van der Waals surface area contributed by atoms with Crippen molar-refractivity contribution >= 4 is 30.7 Å². The molecule has 1 aliphatic rings. The summed E-state index contributed by atoms with van der Waals surface area (Å²) in [6.45, 7) is 8.22. The van der Waals surface area contributed by atoms with E-state index in [1.54, 1.807) is 0 Å². The Hall–Kier alpha value is -0.0300. The van der Waals surface area contributed by atoms with E-state index >= 15 is 0 Å². The molecule has 0 aromatic carbocycles. The molecular weight excluding hydrogens is 285 g/mol. The Morgan fingerprint density at radius 2 is 2.11 bits per heavy atom. The summed E-state index contributed by atoms with van der Waals surface area (Å²) < 4.78 is 0. The van der Waals surface area contributed by atoms with Crippen molar-refractivity contribution in [2.75, 3.05) is 26.2 Å². The van der Waals surface area contributed by atoms with Crippen molar-refractivity contribution in [1.82, 2.24) is 10.2 Å². The predicted octanol–water partition coefficient (Wildman–Crippen LogP) is 1.81. The highest BCUT2D eigenvalue weighted by atomic mass is 35.5. The van der Waals surface area contributed by atoms with E-state index in [1.165, 1.54) is 19.4 Å². The molecule has 0 aliphatic carbocycles. The van der Waals surface area contributed by atoms with Crippen molar-refractivity contribution < 1.29 is 4.79 Å². The van der Waals surface area contributed by atoms with Gasteiger partial charge in [-0.1, -0.05) is 0 Å². The summed E-state index contributed by atoms with van der Waals surface area (Å²) in [5.41, 5.74) is 5.38. The zero-order valence-electron chi connectivity index (χ0n) is 12.1. The number of hydrogen-bond donors (Lipinski definition) is 2. The summed E-state index contributed by atoms with van der Waals surface area (Å²) in [5.74, 6) is 0.769. The average Bonchev–Trinajstić information content (AvgIpc) is 2.34. The molecule has 0 bridgehead atoms. The van der Waals surface area contributed by atoms with Gasteiger partial charge in [0.2, 0.25) is 5.91 Å². The van der Waals surface area contributed by atoms with Gasteiger partial charge in [0, 0.05) is 25.6 Å². The summed E-state index contributed by atoms with van der Waals surface area (Å²) in [5, 5.41) is 3.03. The van der Waals surface area contributed by atoms with E-state index in [1.807, 2.05) is 0 Å². The minimum atomic E-state index is 0. The standard InChI is InChI=1S/C13H27N3O.2ClH/c1-11(2)16-8-4-5-12(10-16)9-15-13(17)6-3-7-14;;/h11-12H,3-10,14H2,1-2H3,(H,15,17);2*1H. The molecule has 3 N–H and O–H groups in total. The summed E-state index contributed by atoms with van der Waals surface area (Å²) in [4.78, 5) is 14.0. The van der Waals surface area contributed by atoms with Crippen LogP contribution in [0.25, 0.3) is 0 Å². The van der Waals surface area contributed by atoms with Crippen molar-refractivity contribution in [3.8, 4) is 0 Å². The monoisotopic (exact) mass is 313 g/mol. The first-order valence-corrected chi connectivity index (χ1v) is 6.84. The van der Waals surface area contributed by atoms with E-state index in [4.69, 9.17) is 5.73 Å². The molecule has 1 aliphatic heterocycles. The lowest BCUT2D eigenvalue weighted by molar-refractivity contribution is -0.121. The molecule has 116 valence electrons. The minimum absolute atomic E-state index is 0. The first-order valence-electron chi connectivity index (χ1n) is 6.84. The summed E-state index contributed by atoms with van der Waals surface area (Å²) in [7, 11) is 0. The van der Waals surface area contributed by atoms with Crippen LogP contribution in [0.1, 0.15) is 39.5 Å². The van der Waals surface area contributed by atoms with E-state index in [9.17, 15) is 4.79 Å². The Bertz CT molecular complexity index is 240. The van der Waals surface area contributed by atoms with Crippen LogP contribution in [0.3, 0.4) is 0 Å². The lowest BCUT2D eigenvalue weighted by Gasteiger charge is -2.35. The lowest BCUT2D eigenvalue weighted by Crippen LogP contribution is -2.43. The summed E-state index contributed by atoms with van der Waals surface area (Å²) in [6, 6.07) is 0.616. The van der Waals surface area contributed by atoms with Crippen LogP contribution in [0.2, 0.25) is 0 Å². The van der Waals surface area contributed by atoms with Crippen LogP contribution in [-0.4, -0.2) is 43.0 Å². The number of nitrogens with two attached hydrogens (primary N) is 1. The summed E-state index contributed by atoms with van der Waals surface area (Å²) in [6.07, 6.45) is 3.84. The zero-order valence-corrected chi connectivity index (χ0v) is 13.7. The second-order valence-electron chi connectivity index (χ2n) is 5.29. The normalized spacial score (nSPS) is 19.5. The molecule has 4 nitrogen and oxygen atoms in total. The Morgan fingerprint density at radius 1 is 1.42 bits per heavy atom. The van der Waals surface area contributed by atoms with Crippen LogP contribution in [0.4, 0.5) is 0 Å². The number of hydrogen-bond acceptors (Lipinski definition) is 3. The third-order valence-electron chi connectivity index (χ3n) is 3.48. The number of nitrogens with zero attached hydrogens (tertiary/aromatic N) is 1. The van der Waals surface area contributed by atoms with E-state index in [-0.39, 0.29) is 30.7 Å². The molecule has 1 fully saturated rings. The summed E-state index contributed by atoms with van der Waals surface area (Å²) >= 11 is 0. The van der Waals surface area contributed by atoms with Crippen LogP contribution in [-0.2, 0) is 4.79 Å². The van der Waals surface area contributed by atoms with Gasteiger partial charge in [-0.25, -0.2) is 0 Å². The van der Waals surface area contributed by atoms with Crippen LogP contribution >= 0.6 is 24.8 Å². The van der Waals surface area contributed by atoms with Crippen molar-refractivity contribution in [2.45, 2.75) is 45.6 Å². The fourth-order valence-corrected chi connectivity index (χ4v) is 2.34. The van der Waals surface area contributed by atoms with Crippen LogP contribution in [0.5, 0.6) is 0 Å². The fourth-order valence-electron chi connectivity index (χ4n) is 2.34. The maximum Gasteiger partial charge on any atom is 0.220 e. The molecule has 1 unspecified atom stereocenters. The van der Waals surface area contributed by atoms with E-state index < -0.39 is 0 Å². The highest BCUT2D eigenvalue weighted by Gasteiger charge is 2.21. The third-order valence-corrected chi connectivity index (χ3v) is 3.48. The Labute approximate surface area is 129 Å². The van der Waals surface area contributed by atoms with Crippen molar-refractivity contribution in [2.24, 2.45) is 11.7 Å². The minimum Gasteiger partial charge on any atom is -0.356 e. The zero-order chi connectivity index (χ0) is 12.7. The second-order valence-corrected chi connectivity index (χ2v) is 5.29. The van der Waals surface area contributed by atoms with Gasteiger partial charge in [-0.15, -0.1) is 24.8 Å². The maximum absolute atomic E-state index is 11.5. The number of carbonyl (C=O) groups is 1. The predicted molar refractivity (Wildman–Crippen MR) is 85.2 cm³/mol. The van der Waals surface area contributed by atoms with Crippen LogP contribution in [0, 0.1) is 5.92 Å². The van der Waals surface area contributed by atoms with Gasteiger partial charge < -0.3 is 16.0 Å². The topological polar surface area (TPSA) is 58.4 Å². The van der Waals surface area contributed by atoms with Crippen LogP contribution < -0.4 is 11.1 Å². The smallest absolute Gasteiger partial charge is 0.220 e. The first kappa shape index (κ1) is 21.3. The number of amides is 1. The molecule has 0 saturated carbocycles. The number of nitrogens with one attached hydrogen (secondary N) is 1. The van der Waals surface area contributed by atoms with Gasteiger partial charge in [0.1, 0.15) is 0 Å². The molecule has 1 atom stereocenters. The SMILES string of the molecule is CC(C)N1CCCC(CNC(=O)CCCN)C1.Cl.Cl. The number of rotatable bonds is 6. The van der Waals surface area contributed by atoms with E-state index in [0.29, 0.717) is 24.9 Å². The van der Waals surface area contributed by atoms with Gasteiger partial charge in [-0.2, -0.15) is 0 Å². The Balaban J connectivity index is 0. The first-order chi connectivity index (χ1) is 8.13. The fraction of sp³-hybridized carbons (Fsp3) is 0.923. The highest BCUT2D eigenvalue weighted by Crippen LogP contribution is 2.17. The molecule has 1 rings (SSSR count). The molecule has 0 aromatic rings. The van der Waals surface area contributed by atoms with Gasteiger partial charge >= 0.3 is 0 Å². The number of likely N-dealkylation sites (tertiary alicyclic amines) is 1. The quantitative estimate of drug-likeness (QED) is 0.786. The van der Waals surface area contributed by atoms with E-state index in [2.05, 4.69) is 24.1 Å². The molecular formula is C13H29Cl2N3O. The lowest BCUT2D eigenvalue weighted by atomic mass is 9.97. The molecule has 0 spiro atoms. The van der Waals surface area contributed by atoms with Crippen molar-refractivity contribution in [1.29, 1.82) is 0 Å². The Kier molecular flexibility index (Phi) is 13.2. The van der Waals surface area contributed by atoms with Gasteiger partial charge in [0.15, 0.2) is 0 Å². The maximum atomic E-state index is 11.5. The Morgan fingerprint density at radius 3 is 2.68 bits per heavy atom. The van der Waals surface area contributed by atoms with Gasteiger partial charge in [-0.3, -0.25) is 4.79 Å². The van der Waals surface area contributed by atoms with Gasteiger partial charge in [0.05, 0.1) is 0 Å². The van der Waals surface area contributed by atoms with Crippen LogP contribution in [0.15, 0.2) is 0 Å². The molecule has 1 saturated heterocycles. The number of carbonyl (C=O) groups excluding carboxylic acids is 1. The number of halogens is 2. The average molecular weight is 314 g/mol. The highest BCUT2D eigenvalue weighted by molar-refractivity contribution is 5.85. The molecule has 19 heavy (non-hydrogen) atoms. The van der Waals surface area contributed by atoms with Gasteiger partial charge in [0.25, 0.3) is 0 Å². The molecule has 1 amide bonds. The van der Waals surface area contributed by atoms with Crippen molar-refractivity contribution in [3.63, 3.8) is 0 Å². The number of piperidine rings is 1.